The zero-order valence-electron chi connectivity index (χ0n) is 13.7. The van der Waals surface area contributed by atoms with Gasteiger partial charge in [0.15, 0.2) is 5.13 Å². The van der Waals surface area contributed by atoms with E-state index in [0.29, 0.717) is 10.2 Å². The predicted molar refractivity (Wildman–Crippen MR) is 95.3 cm³/mol. The number of fused-ring (bicyclic) bond motifs is 1. The van der Waals surface area contributed by atoms with Gasteiger partial charge >= 0.3 is 6.36 Å². The molecule has 2 aromatic carbocycles. The average Bonchev–Trinajstić information content (AvgIpc) is 3.16. The van der Waals surface area contributed by atoms with Crippen molar-refractivity contribution in [3.05, 3.63) is 53.6 Å². The minimum absolute atomic E-state index is 0.00317. The van der Waals surface area contributed by atoms with Gasteiger partial charge in [0.05, 0.1) is 21.5 Å². The summed E-state index contributed by atoms with van der Waals surface area (Å²) >= 11 is 1.98. The van der Waals surface area contributed by atoms with Crippen molar-refractivity contribution >= 4 is 44.4 Å². The van der Waals surface area contributed by atoms with Crippen LogP contribution in [-0.2, 0) is 4.79 Å². The third-order valence-electron chi connectivity index (χ3n) is 3.90. The molecule has 1 aliphatic heterocycles. The molecule has 28 heavy (non-hydrogen) atoms. The van der Waals surface area contributed by atoms with Crippen LogP contribution in [0.5, 0.6) is 5.75 Å². The van der Waals surface area contributed by atoms with Gasteiger partial charge in [0.1, 0.15) is 22.8 Å². The molecule has 1 fully saturated rings. The fraction of sp³-hybridized carbons (Fsp3) is 0.176. The highest BCUT2D eigenvalue weighted by atomic mass is 32.2. The van der Waals surface area contributed by atoms with Crippen molar-refractivity contribution in [1.29, 1.82) is 0 Å². The Bertz CT molecular complexity index is 1050. The third-order valence-corrected chi connectivity index (χ3v) is 6.10. The molecule has 4 rings (SSSR count). The molecule has 1 unspecified atom stereocenters. The first kappa shape index (κ1) is 18.9. The van der Waals surface area contributed by atoms with Gasteiger partial charge in [-0.2, -0.15) is 0 Å². The van der Waals surface area contributed by atoms with Crippen LogP contribution in [0.2, 0.25) is 0 Å². The standard InChI is InChI=1S/C17H9F5N2O2S2/c18-9-2-1-3-10(19)14(9)15-24(13(25)7-27-15)16-23-11-5-4-8(6-12(11)28-16)26-17(20,21)22/h1-6,15H,7H2. The first-order valence-corrected chi connectivity index (χ1v) is 9.63. The summed E-state index contributed by atoms with van der Waals surface area (Å²) in [6, 6.07) is 6.99. The molecule has 0 bridgehead atoms. The van der Waals surface area contributed by atoms with Crippen molar-refractivity contribution in [2.75, 3.05) is 10.7 Å². The number of carbonyl (C=O) groups excluding carboxylic acids is 1. The van der Waals surface area contributed by atoms with Crippen molar-refractivity contribution in [2.24, 2.45) is 0 Å². The Kier molecular flexibility index (Phi) is 4.66. The van der Waals surface area contributed by atoms with E-state index in [1.807, 2.05) is 0 Å². The largest absolute Gasteiger partial charge is 0.573 e. The van der Waals surface area contributed by atoms with Crippen LogP contribution in [0.1, 0.15) is 10.9 Å². The first-order valence-electron chi connectivity index (χ1n) is 7.77. The maximum absolute atomic E-state index is 14.2. The number of aromatic nitrogens is 1. The number of thioether (sulfide) groups is 1. The molecular weight excluding hydrogens is 423 g/mol. The number of hydrogen-bond donors (Lipinski definition) is 0. The average molecular weight is 432 g/mol. The fourth-order valence-electron chi connectivity index (χ4n) is 2.78. The molecule has 0 saturated carbocycles. The van der Waals surface area contributed by atoms with Gasteiger partial charge in [-0.1, -0.05) is 17.4 Å². The van der Waals surface area contributed by atoms with Crippen LogP contribution in [0.4, 0.5) is 27.1 Å². The van der Waals surface area contributed by atoms with Crippen molar-refractivity contribution in [1.82, 2.24) is 4.98 Å². The molecule has 0 radical (unpaired) electrons. The smallest absolute Gasteiger partial charge is 0.406 e. The monoisotopic (exact) mass is 432 g/mol. The Balaban J connectivity index is 1.74. The minimum atomic E-state index is -4.84. The zero-order chi connectivity index (χ0) is 20.1. The zero-order valence-corrected chi connectivity index (χ0v) is 15.3. The van der Waals surface area contributed by atoms with Crippen LogP contribution in [-0.4, -0.2) is 23.0 Å². The van der Waals surface area contributed by atoms with E-state index in [1.54, 1.807) is 0 Å². The van der Waals surface area contributed by atoms with E-state index in [9.17, 15) is 26.7 Å². The molecule has 0 aliphatic carbocycles. The highest BCUT2D eigenvalue weighted by molar-refractivity contribution is 8.00. The summed E-state index contributed by atoms with van der Waals surface area (Å²) in [4.78, 5) is 17.8. The molecule has 0 spiro atoms. The minimum Gasteiger partial charge on any atom is -0.406 e. The van der Waals surface area contributed by atoms with E-state index < -0.39 is 35.0 Å². The summed E-state index contributed by atoms with van der Waals surface area (Å²) in [6.07, 6.45) is -4.84. The SMILES string of the molecule is O=C1CSC(c2c(F)cccc2F)N1c1nc2ccc(OC(F)(F)F)cc2s1. The molecule has 4 nitrogen and oxygen atoms in total. The summed E-state index contributed by atoms with van der Waals surface area (Å²) in [5.41, 5.74) is 0.0747. The van der Waals surface area contributed by atoms with Crippen molar-refractivity contribution in [3.8, 4) is 5.75 Å². The second-order valence-corrected chi connectivity index (χ2v) is 7.81. The number of carbonyl (C=O) groups is 1. The van der Waals surface area contributed by atoms with Crippen LogP contribution in [0.3, 0.4) is 0 Å². The van der Waals surface area contributed by atoms with E-state index in [2.05, 4.69) is 9.72 Å². The molecule has 0 N–H and O–H groups in total. The Morgan fingerprint density at radius 3 is 2.54 bits per heavy atom. The summed E-state index contributed by atoms with van der Waals surface area (Å²) in [5, 5.41) is -0.818. The predicted octanol–water partition coefficient (Wildman–Crippen LogP) is 5.25. The van der Waals surface area contributed by atoms with E-state index >= 15 is 0 Å². The van der Waals surface area contributed by atoms with Crippen LogP contribution >= 0.6 is 23.1 Å². The summed E-state index contributed by atoms with van der Waals surface area (Å²) < 4.78 is 69.8. The topological polar surface area (TPSA) is 42.4 Å². The highest BCUT2D eigenvalue weighted by Gasteiger charge is 2.39. The lowest BCUT2D eigenvalue weighted by Gasteiger charge is -2.22. The van der Waals surface area contributed by atoms with E-state index in [1.165, 1.54) is 17.0 Å². The molecule has 1 atom stereocenters. The van der Waals surface area contributed by atoms with Gasteiger partial charge in [-0.25, -0.2) is 13.8 Å². The Hall–Kier alpha value is -2.40. The molecular formula is C17H9F5N2O2S2. The molecule has 146 valence electrons. The summed E-state index contributed by atoms with van der Waals surface area (Å²) in [6.45, 7) is 0. The summed E-state index contributed by atoms with van der Waals surface area (Å²) in [7, 11) is 0. The number of rotatable bonds is 3. The van der Waals surface area contributed by atoms with Crippen molar-refractivity contribution < 1.29 is 31.5 Å². The Morgan fingerprint density at radius 2 is 1.86 bits per heavy atom. The number of hydrogen-bond acceptors (Lipinski definition) is 5. The quantitative estimate of drug-likeness (QED) is 0.530. The number of ether oxygens (including phenoxy) is 1. The molecule has 1 amide bonds. The number of benzene rings is 2. The molecule has 1 aliphatic rings. The molecule has 1 aromatic heterocycles. The van der Waals surface area contributed by atoms with Gasteiger partial charge in [-0.05, 0) is 24.3 Å². The second kappa shape index (κ2) is 6.89. The van der Waals surface area contributed by atoms with Crippen LogP contribution in [0.15, 0.2) is 36.4 Å². The maximum Gasteiger partial charge on any atom is 0.573 e. The molecule has 11 heteroatoms. The van der Waals surface area contributed by atoms with Gasteiger partial charge in [-0.15, -0.1) is 24.9 Å². The van der Waals surface area contributed by atoms with E-state index in [-0.39, 0.29) is 16.4 Å². The van der Waals surface area contributed by atoms with E-state index in [4.69, 9.17) is 0 Å². The number of thiazole rings is 1. The lowest BCUT2D eigenvalue weighted by atomic mass is 10.2. The normalized spacial score (nSPS) is 17.5. The molecule has 1 saturated heterocycles. The second-order valence-electron chi connectivity index (χ2n) is 5.74. The van der Waals surface area contributed by atoms with Gasteiger partial charge in [-0.3, -0.25) is 9.69 Å². The van der Waals surface area contributed by atoms with Gasteiger partial charge in [0, 0.05) is 6.07 Å². The third kappa shape index (κ3) is 3.51. The van der Waals surface area contributed by atoms with Crippen molar-refractivity contribution in [2.45, 2.75) is 11.7 Å². The number of halogens is 5. The number of nitrogens with zero attached hydrogens (tertiary/aromatic N) is 2. The number of alkyl halides is 3. The Labute approximate surface area is 162 Å². The summed E-state index contributed by atoms with van der Waals surface area (Å²) in [5.74, 6) is -2.41. The number of anilines is 1. The van der Waals surface area contributed by atoms with Gasteiger partial charge < -0.3 is 4.74 Å². The van der Waals surface area contributed by atoms with Crippen LogP contribution < -0.4 is 9.64 Å². The maximum atomic E-state index is 14.2. The van der Waals surface area contributed by atoms with Gasteiger partial charge in [0.2, 0.25) is 5.91 Å². The Morgan fingerprint density at radius 1 is 1.14 bits per heavy atom. The van der Waals surface area contributed by atoms with Crippen LogP contribution in [0, 0.1) is 11.6 Å². The van der Waals surface area contributed by atoms with Crippen LogP contribution in [0.25, 0.3) is 10.2 Å². The van der Waals surface area contributed by atoms with Crippen molar-refractivity contribution in [3.63, 3.8) is 0 Å². The van der Waals surface area contributed by atoms with E-state index in [0.717, 1.165) is 47.4 Å². The molecule has 2 heterocycles. The lowest BCUT2D eigenvalue weighted by Crippen LogP contribution is -2.28. The fourth-order valence-corrected chi connectivity index (χ4v) is 5.09. The lowest BCUT2D eigenvalue weighted by molar-refractivity contribution is -0.274. The number of amides is 1. The highest BCUT2D eigenvalue weighted by Crippen LogP contribution is 2.45. The molecule has 3 aromatic rings. The van der Waals surface area contributed by atoms with Gasteiger partial charge in [0.25, 0.3) is 0 Å². The first-order chi connectivity index (χ1) is 13.2.